The van der Waals surface area contributed by atoms with E-state index in [2.05, 4.69) is 62.4 Å². The van der Waals surface area contributed by atoms with Crippen LogP contribution < -0.4 is 0 Å². The quantitative estimate of drug-likeness (QED) is 0.894. The Hall–Kier alpha value is -1.74. The number of benzene rings is 2. The van der Waals surface area contributed by atoms with Gasteiger partial charge in [-0.2, -0.15) is 0 Å². The van der Waals surface area contributed by atoms with Crippen molar-refractivity contribution in [1.82, 2.24) is 0 Å². The summed E-state index contributed by atoms with van der Waals surface area (Å²) in [4.78, 5) is 10.9. The third-order valence-corrected chi connectivity index (χ3v) is 4.42. The van der Waals surface area contributed by atoms with Gasteiger partial charge in [0.15, 0.2) is 0 Å². The smallest absolute Gasteiger partial charge is 0.313 e. The maximum absolute atomic E-state index is 10.9. The molecule has 0 atom stereocenters. The molecule has 0 aromatic heterocycles. The fourth-order valence-electron chi connectivity index (χ4n) is 2.02. The van der Waals surface area contributed by atoms with E-state index in [1.807, 2.05) is 0 Å². The summed E-state index contributed by atoms with van der Waals surface area (Å²) in [5.41, 5.74) is 4.70. The molecule has 0 saturated carbocycles. The summed E-state index contributed by atoms with van der Waals surface area (Å²) < 4.78 is 0. The Labute approximate surface area is 123 Å². The molecule has 2 rings (SSSR count). The highest BCUT2D eigenvalue weighted by atomic mass is 32.2. The molecule has 0 fully saturated rings. The number of aryl methyl sites for hydroxylation is 2. The zero-order chi connectivity index (χ0) is 14.5. The minimum absolute atomic E-state index is 0.0623. The molecule has 0 aliphatic heterocycles. The fourth-order valence-corrected chi connectivity index (χ4v) is 3.03. The summed E-state index contributed by atoms with van der Waals surface area (Å²) in [7, 11) is 0. The van der Waals surface area contributed by atoms with Gasteiger partial charge in [0.25, 0.3) is 0 Å². The van der Waals surface area contributed by atoms with E-state index in [1.165, 1.54) is 22.9 Å². The molecule has 104 valence electrons. The van der Waals surface area contributed by atoms with Gasteiger partial charge in [0.1, 0.15) is 0 Å². The molecule has 0 spiro atoms. The van der Waals surface area contributed by atoms with Crippen molar-refractivity contribution in [2.24, 2.45) is 0 Å². The Morgan fingerprint density at radius 2 is 1.35 bits per heavy atom. The third-order valence-electron chi connectivity index (χ3n) is 3.13. The second-order valence-corrected chi connectivity index (χ2v) is 6.00. The molecular formula is C17H18O2S. The van der Waals surface area contributed by atoms with Crippen LogP contribution in [0.5, 0.6) is 0 Å². The average Bonchev–Trinajstić information content (AvgIpc) is 2.42. The molecular weight excluding hydrogens is 268 g/mol. The first-order valence-electron chi connectivity index (χ1n) is 6.53. The van der Waals surface area contributed by atoms with Crippen molar-refractivity contribution < 1.29 is 9.90 Å². The molecule has 0 aliphatic carbocycles. The van der Waals surface area contributed by atoms with Crippen molar-refractivity contribution in [3.8, 4) is 0 Å². The normalized spacial score (nSPS) is 10.8. The summed E-state index contributed by atoms with van der Waals surface area (Å²) in [6.07, 6.45) is 0. The second-order valence-electron chi connectivity index (χ2n) is 4.91. The highest BCUT2D eigenvalue weighted by Gasteiger charge is 2.16. The Morgan fingerprint density at radius 3 is 1.70 bits per heavy atom. The number of thioether (sulfide) groups is 1. The summed E-state index contributed by atoms with van der Waals surface area (Å²) >= 11 is 1.45. The minimum atomic E-state index is -0.778. The van der Waals surface area contributed by atoms with Crippen LogP contribution in [0.2, 0.25) is 0 Å². The van der Waals surface area contributed by atoms with E-state index in [4.69, 9.17) is 5.11 Å². The standard InChI is InChI=1S/C17H18O2S/c1-12-3-7-14(8-4-12)17(20-11-16(18)19)15-9-5-13(2)6-10-15/h3-10,17H,11H2,1-2H3,(H,18,19). The molecule has 2 aromatic carbocycles. The first-order chi connectivity index (χ1) is 9.56. The van der Waals surface area contributed by atoms with E-state index in [-0.39, 0.29) is 11.0 Å². The van der Waals surface area contributed by atoms with Crippen molar-refractivity contribution in [2.75, 3.05) is 5.75 Å². The molecule has 20 heavy (non-hydrogen) atoms. The average molecular weight is 286 g/mol. The van der Waals surface area contributed by atoms with Gasteiger partial charge in [-0.1, -0.05) is 59.7 Å². The number of carboxylic acids is 1. The zero-order valence-corrected chi connectivity index (χ0v) is 12.5. The van der Waals surface area contributed by atoms with Crippen molar-refractivity contribution in [2.45, 2.75) is 19.1 Å². The SMILES string of the molecule is Cc1ccc(C(SCC(=O)O)c2ccc(C)cc2)cc1. The molecule has 0 aliphatic rings. The van der Waals surface area contributed by atoms with Crippen LogP contribution in [-0.2, 0) is 4.79 Å². The Kier molecular flexibility index (Phi) is 4.85. The highest BCUT2D eigenvalue weighted by molar-refractivity contribution is 8.00. The van der Waals surface area contributed by atoms with Crippen LogP contribution in [0.3, 0.4) is 0 Å². The first kappa shape index (κ1) is 14.7. The molecule has 3 heteroatoms. The lowest BCUT2D eigenvalue weighted by molar-refractivity contribution is -0.133. The number of rotatable bonds is 5. The highest BCUT2D eigenvalue weighted by Crippen LogP contribution is 2.35. The lowest BCUT2D eigenvalue weighted by atomic mass is 10.0. The van der Waals surface area contributed by atoms with Crippen molar-refractivity contribution in [3.05, 3.63) is 70.8 Å². The Balaban J connectivity index is 2.30. The predicted octanol–water partition coefficient (Wildman–Crippen LogP) is 4.21. The summed E-state index contributed by atoms with van der Waals surface area (Å²) in [6.45, 7) is 4.10. The van der Waals surface area contributed by atoms with Crippen molar-refractivity contribution in [1.29, 1.82) is 0 Å². The lowest BCUT2D eigenvalue weighted by Gasteiger charge is -2.17. The van der Waals surface area contributed by atoms with Crippen LogP contribution in [0.15, 0.2) is 48.5 Å². The van der Waals surface area contributed by atoms with Crippen LogP contribution in [0.25, 0.3) is 0 Å². The van der Waals surface area contributed by atoms with Crippen LogP contribution in [0.4, 0.5) is 0 Å². The molecule has 0 amide bonds. The second kappa shape index (κ2) is 6.62. The van der Waals surface area contributed by atoms with Gasteiger partial charge in [0.2, 0.25) is 0 Å². The molecule has 1 N–H and O–H groups in total. The largest absolute Gasteiger partial charge is 0.481 e. The van der Waals surface area contributed by atoms with Gasteiger partial charge in [0, 0.05) is 0 Å². The first-order valence-corrected chi connectivity index (χ1v) is 7.57. The molecule has 0 radical (unpaired) electrons. The molecule has 0 heterocycles. The number of carbonyl (C=O) groups is 1. The molecule has 2 nitrogen and oxygen atoms in total. The van der Waals surface area contributed by atoms with Gasteiger partial charge in [-0.3, -0.25) is 4.79 Å². The molecule has 0 unspecified atom stereocenters. The van der Waals surface area contributed by atoms with Crippen LogP contribution in [0, 0.1) is 13.8 Å². The minimum Gasteiger partial charge on any atom is -0.481 e. The van der Waals surface area contributed by atoms with Gasteiger partial charge in [-0.15, -0.1) is 11.8 Å². The topological polar surface area (TPSA) is 37.3 Å². The molecule has 0 saturated heterocycles. The Bertz CT molecular complexity index is 527. The van der Waals surface area contributed by atoms with Gasteiger partial charge < -0.3 is 5.11 Å². The van der Waals surface area contributed by atoms with Crippen molar-refractivity contribution in [3.63, 3.8) is 0 Å². The van der Waals surface area contributed by atoms with Gasteiger partial charge >= 0.3 is 5.97 Å². The predicted molar refractivity (Wildman–Crippen MR) is 84.3 cm³/mol. The number of hydrogen-bond donors (Lipinski definition) is 1. The summed E-state index contributed by atoms with van der Waals surface area (Å²) in [6, 6.07) is 16.6. The van der Waals surface area contributed by atoms with E-state index in [0.717, 1.165) is 11.1 Å². The third kappa shape index (κ3) is 3.87. The summed E-state index contributed by atoms with van der Waals surface area (Å²) in [5.74, 6) is -0.675. The van der Waals surface area contributed by atoms with Crippen LogP contribution >= 0.6 is 11.8 Å². The molecule has 2 aromatic rings. The van der Waals surface area contributed by atoms with E-state index in [9.17, 15) is 4.79 Å². The number of carboxylic acid groups (broad SMARTS) is 1. The lowest BCUT2D eigenvalue weighted by Crippen LogP contribution is -2.04. The van der Waals surface area contributed by atoms with Gasteiger partial charge in [0.05, 0.1) is 11.0 Å². The van der Waals surface area contributed by atoms with Gasteiger partial charge in [-0.25, -0.2) is 0 Å². The van der Waals surface area contributed by atoms with Crippen LogP contribution in [-0.4, -0.2) is 16.8 Å². The van der Waals surface area contributed by atoms with E-state index in [1.54, 1.807) is 0 Å². The van der Waals surface area contributed by atoms with E-state index < -0.39 is 5.97 Å². The Morgan fingerprint density at radius 1 is 0.950 bits per heavy atom. The summed E-state index contributed by atoms with van der Waals surface area (Å²) in [5, 5.41) is 8.99. The van der Waals surface area contributed by atoms with Gasteiger partial charge in [-0.05, 0) is 25.0 Å². The maximum atomic E-state index is 10.9. The molecule has 0 bridgehead atoms. The number of hydrogen-bond acceptors (Lipinski definition) is 2. The van der Waals surface area contributed by atoms with E-state index in [0.29, 0.717) is 0 Å². The fraction of sp³-hybridized carbons (Fsp3) is 0.235. The van der Waals surface area contributed by atoms with E-state index >= 15 is 0 Å². The zero-order valence-electron chi connectivity index (χ0n) is 11.7. The van der Waals surface area contributed by atoms with Crippen LogP contribution in [0.1, 0.15) is 27.5 Å². The number of aliphatic carboxylic acids is 1. The maximum Gasteiger partial charge on any atom is 0.313 e. The monoisotopic (exact) mass is 286 g/mol. The van der Waals surface area contributed by atoms with Crippen molar-refractivity contribution >= 4 is 17.7 Å².